The van der Waals surface area contributed by atoms with Crippen LogP contribution in [0.15, 0.2) is 39.9 Å². The molecule has 1 aliphatic rings. The van der Waals surface area contributed by atoms with Crippen LogP contribution < -0.4 is 10.5 Å². The van der Waals surface area contributed by atoms with Crippen molar-refractivity contribution < 1.29 is 14.3 Å². The summed E-state index contributed by atoms with van der Waals surface area (Å²) in [5.41, 5.74) is 6.12. The number of nitrogens with zero attached hydrogens (tertiary/aromatic N) is 1. The lowest BCUT2D eigenvalue weighted by molar-refractivity contribution is -0.257. The largest absolute Gasteiger partial charge is 0.542 e. The molecule has 108 valence electrons. The Bertz CT molecular complexity index is 702. The number of carboxylic acid groups (broad SMARTS) is 1. The quantitative estimate of drug-likeness (QED) is 0.875. The fourth-order valence-corrected chi connectivity index (χ4v) is 2.62. The molecule has 0 amide bonds. The zero-order chi connectivity index (χ0) is 14.8. The molecule has 0 saturated heterocycles. The third kappa shape index (κ3) is 2.54. The summed E-state index contributed by atoms with van der Waals surface area (Å²) in [6, 6.07) is 9.62. The van der Waals surface area contributed by atoms with Crippen molar-refractivity contribution in [3.63, 3.8) is 0 Å². The monoisotopic (exact) mass is 283 g/mol. The summed E-state index contributed by atoms with van der Waals surface area (Å²) >= 11 is 0. The maximum Gasteiger partial charge on any atom is 0.153 e. The van der Waals surface area contributed by atoms with E-state index in [1.807, 2.05) is 30.3 Å². The van der Waals surface area contributed by atoms with Gasteiger partial charge in [-0.2, -0.15) is 5.10 Å². The van der Waals surface area contributed by atoms with Crippen molar-refractivity contribution in [2.75, 3.05) is 5.43 Å². The van der Waals surface area contributed by atoms with E-state index in [0.29, 0.717) is 11.3 Å². The summed E-state index contributed by atoms with van der Waals surface area (Å²) in [5.74, 6) is -0.682. The van der Waals surface area contributed by atoms with Gasteiger partial charge in [-0.05, 0) is 31.9 Å². The van der Waals surface area contributed by atoms with Crippen LogP contribution in [0.5, 0.6) is 0 Å². The highest BCUT2D eigenvalue weighted by molar-refractivity contribution is 6.05. The Labute approximate surface area is 122 Å². The van der Waals surface area contributed by atoms with E-state index in [1.54, 1.807) is 6.92 Å². The minimum atomic E-state index is -1.28. The molecule has 5 heteroatoms. The zero-order valence-electron chi connectivity index (χ0n) is 11.7. The van der Waals surface area contributed by atoms with E-state index in [0.717, 1.165) is 36.2 Å². The molecule has 0 atom stereocenters. The van der Waals surface area contributed by atoms with Gasteiger partial charge in [0.15, 0.2) is 5.76 Å². The number of aryl methyl sites for hydroxylation is 1. The van der Waals surface area contributed by atoms with Crippen molar-refractivity contribution in [2.45, 2.75) is 26.2 Å². The molecular formula is C16H15N2O3-. The number of carboxylic acids is 1. The fraction of sp³-hybridized carbons (Fsp3) is 0.250. The molecule has 0 saturated carbocycles. The van der Waals surface area contributed by atoms with Gasteiger partial charge in [0.05, 0.1) is 11.4 Å². The predicted molar refractivity (Wildman–Crippen MR) is 77.3 cm³/mol. The molecule has 5 nitrogen and oxygen atoms in total. The Hall–Kier alpha value is -2.56. The number of hydrazone groups is 1. The maximum absolute atomic E-state index is 11.1. The first-order valence-electron chi connectivity index (χ1n) is 6.88. The number of anilines is 1. The zero-order valence-corrected chi connectivity index (χ0v) is 11.7. The molecule has 3 rings (SSSR count). The molecule has 1 aromatic heterocycles. The average molecular weight is 283 g/mol. The number of carbonyl (C=O) groups is 1. The number of aromatic carboxylic acids is 1. The van der Waals surface area contributed by atoms with Crippen LogP contribution >= 0.6 is 0 Å². The van der Waals surface area contributed by atoms with Crippen molar-refractivity contribution in [1.82, 2.24) is 0 Å². The highest BCUT2D eigenvalue weighted by atomic mass is 16.4. The molecule has 1 N–H and O–H groups in total. The summed E-state index contributed by atoms with van der Waals surface area (Å²) in [6.45, 7) is 1.73. The van der Waals surface area contributed by atoms with Gasteiger partial charge in [0.2, 0.25) is 0 Å². The van der Waals surface area contributed by atoms with Crippen LogP contribution in [0.2, 0.25) is 0 Å². The van der Waals surface area contributed by atoms with Gasteiger partial charge >= 0.3 is 0 Å². The second-order valence-corrected chi connectivity index (χ2v) is 5.03. The normalized spacial score (nSPS) is 15.8. The summed E-state index contributed by atoms with van der Waals surface area (Å²) in [4.78, 5) is 11.1. The average Bonchev–Trinajstić information content (AvgIpc) is 2.84. The summed E-state index contributed by atoms with van der Waals surface area (Å²) in [6.07, 6.45) is 2.41. The first-order valence-corrected chi connectivity index (χ1v) is 6.88. The number of benzene rings is 1. The molecule has 2 aromatic rings. The van der Waals surface area contributed by atoms with Crippen LogP contribution in [0, 0.1) is 6.92 Å². The van der Waals surface area contributed by atoms with Crippen LogP contribution in [-0.2, 0) is 6.42 Å². The van der Waals surface area contributed by atoms with Gasteiger partial charge in [0.1, 0.15) is 11.7 Å². The second kappa shape index (κ2) is 5.44. The molecule has 1 aliphatic carbocycles. The Morgan fingerprint density at radius 1 is 1.29 bits per heavy atom. The van der Waals surface area contributed by atoms with E-state index >= 15 is 0 Å². The van der Waals surface area contributed by atoms with Crippen molar-refractivity contribution in [3.8, 4) is 0 Å². The van der Waals surface area contributed by atoms with Crippen molar-refractivity contribution >= 4 is 17.4 Å². The summed E-state index contributed by atoms with van der Waals surface area (Å²) in [5, 5.41) is 15.5. The minimum Gasteiger partial charge on any atom is -0.542 e. The Balaban J connectivity index is 1.95. The minimum absolute atomic E-state index is 0.0886. The lowest BCUT2D eigenvalue weighted by Crippen LogP contribution is -2.22. The van der Waals surface area contributed by atoms with Crippen molar-refractivity contribution in [3.05, 3.63) is 53.0 Å². The van der Waals surface area contributed by atoms with E-state index in [4.69, 9.17) is 4.42 Å². The topological polar surface area (TPSA) is 77.7 Å². The molecule has 0 unspecified atom stereocenters. The Morgan fingerprint density at radius 3 is 2.76 bits per heavy atom. The van der Waals surface area contributed by atoms with Crippen LogP contribution in [0.1, 0.15) is 40.3 Å². The van der Waals surface area contributed by atoms with Gasteiger partial charge in [-0.15, -0.1) is 0 Å². The Morgan fingerprint density at radius 2 is 2.05 bits per heavy atom. The van der Waals surface area contributed by atoms with Crippen LogP contribution in [-0.4, -0.2) is 11.7 Å². The number of furan rings is 1. The van der Waals surface area contributed by atoms with Crippen LogP contribution in [0.3, 0.4) is 0 Å². The van der Waals surface area contributed by atoms with E-state index in [1.165, 1.54) is 0 Å². The SMILES string of the molecule is Cc1c(C(=O)[O-])oc2c1C(=NNc1ccccc1)CCC2. The van der Waals surface area contributed by atoms with E-state index in [9.17, 15) is 9.90 Å². The van der Waals surface area contributed by atoms with Gasteiger partial charge < -0.3 is 14.3 Å². The molecule has 0 spiro atoms. The van der Waals surface area contributed by atoms with Crippen LogP contribution in [0.25, 0.3) is 0 Å². The van der Waals surface area contributed by atoms with E-state index in [2.05, 4.69) is 10.5 Å². The second-order valence-electron chi connectivity index (χ2n) is 5.03. The third-order valence-electron chi connectivity index (χ3n) is 3.60. The van der Waals surface area contributed by atoms with E-state index < -0.39 is 5.97 Å². The lowest BCUT2D eigenvalue weighted by Gasteiger charge is -2.13. The molecule has 0 bridgehead atoms. The number of nitrogens with one attached hydrogen (secondary N) is 1. The molecule has 0 aliphatic heterocycles. The molecule has 0 radical (unpaired) electrons. The number of para-hydroxylation sites is 1. The van der Waals surface area contributed by atoms with Crippen molar-refractivity contribution in [1.29, 1.82) is 0 Å². The van der Waals surface area contributed by atoms with Gasteiger partial charge in [-0.1, -0.05) is 18.2 Å². The molecule has 21 heavy (non-hydrogen) atoms. The first-order chi connectivity index (χ1) is 10.2. The standard InChI is InChI=1S/C16H16N2O3/c1-10-14-12(18-17-11-6-3-2-4-7-11)8-5-9-13(14)21-15(10)16(19)20/h2-4,6-7,17H,5,8-9H2,1H3,(H,19,20)/p-1. The molecule has 1 aromatic carbocycles. The number of carbonyl (C=O) groups excluding carboxylic acids is 1. The summed E-state index contributed by atoms with van der Waals surface area (Å²) < 4.78 is 5.41. The van der Waals surface area contributed by atoms with E-state index in [-0.39, 0.29) is 5.76 Å². The Kier molecular flexibility index (Phi) is 3.48. The van der Waals surface area contributed by atoms with Gasteiger partial charge in [-0.3, -0.25) is 5.43 Å². The predicted octanol–water partition coefficient (Wildman–Crippen LogP) is 2.10. The van der Waals surface area contributed by atoms with Crippen molar-refractivity contribution in [2.24, 2.45) is 5.10 Å². The molecule has 0 fully saturated rings. The van der Waals surface area contributed by atoms with Gasteiger partial charge in [0.25, 0.3) is 0 Å². The van der Waals surface area contributed by atoms with Gasteiger partial charge in [-0.25, -0.2) is 0 Å². The third-order valence-corrected chi connectivity index (χ3v) is 3.60. The number of hydrogen-bond donors (Lipinski definition) is 1. The highest BCUT2D eigenvalue weighted by Crippen LogP contribution is 2.29. The number of fused-ring (bicyclic) bond motifs is 1. The highest BCUT2D eigenvalue weighted by Gasteiger charge is 2.25. The number of hydrogen-bond acceptors (Lipinski definition) is 5. The summed E-state index contributed by atoms with van der Waals surface area (Å²) in [7, 11) is 0. The van der Waals surface area contributed by atoms with Crippen LogP contribution in [0.4, 0.5) is 5.69 Å². The number of rotatable bonds is 3. The smallest absolute Gasteiger partial charge is 0.153 e. The maximum atomic E-state index is 11.1. The fourth-order valence-electron chi connectivity index (χ4n) is 2.62. The first kappa shape index (κ1) is 13.4. The molecule has 1 heterocycles. The lowest BCUT2D eigenvalue weighted by atomic mass is 9.93. The molecular weight excluding hydrogens is 268 g/mol. The van der Waals surface area contributed by atoms with Gasteiger partial charge in [0, 0.05) is 17.5 Å².